The molecule has 2 aromatic carbocycles. The molecule has 21 heavy (non-hydrogen) atoms. The van der Waals surface area contributed by atoms with Gasteiger partial charge >= 0.3 is 0 Å². The molecule has 4 nitrogen and oxygen atoms in total. The molecule has 0 saturated heterocycles. The Morgan fingerprint density at radius 1 is 1.10 bits per heavy atom. The number of amides is 1. The Kier molecular flexibility index (Phi) is 4.32. The van der Waals surface area contributed by atoms with E-state index in [0.717, 1.165) is 0 Å². The van der Waals surface area contributed by atoms with Gasteiger partial charge in [-0.3, -0.25) is 4.79 Å². The minimum absolute atomic E-state index is 0.197. The van der Waals surface area contributed by atoms with E-state index in [-0.39, 0.29) is 12.3 Å². The summed E-state index contributed by atoms with van der Waals surface area (Å²) in [5.41, 5.74) is 5.84. The third kappa shape index (κ3) is 3.88. The fraction of sp³-hybridized carbons (Fsp3) is 0.0714. The summed E-state index contributed by atoms with van der Waals surface area (Å²) in [4.78, 5) is 11.6. The first-order valence-electron chi connectivity index (χ1n) is 5.88. The number of hydrogen-bond donors (Lipinski definition) is 2. The van der Waals surface area contributed by atoms with Crippen LogP contribution in [0.3, 0.4) is 0 Å². The largest absolute Gasteiger partial charge is 0.484 e. The molecule has 2 rings (SSSR count). The Balaban J connectivity index is 1.94. The first-order valence-corrected chi connectivity index (χ1v) is 5.88. The first-order chi connectivity index (χ1) is 9.95. The molecule has 3 N–H and O–H groups in total. The highest BCUT2D eigenvalue weighted by molar-refractivity contribution is 5.91. The van der Waals surface area contributed by atoms with Gasteiger partial charge < -0.3 is 15.8 Å². The van der Waals surface area contributed by atoms with Crippen molar-refractivity contribution in [2.24, 2.45) is 0 Å². The van der Waals surface area contributed by atoms with Crippen LogP contribution in [-0.4, -0.2) is 12.5 Å². The Morgan fingerprint density at radius 3 is 2.24 bits per heavy atom. The standard InChI is InChI=1S/C14H11F3N2O2/c15-11-5-9(6-12(16)14(11)17)19-13(20)7-21-10-3-1-8(18)2-4-10/h1-6H,7,18H2,(H,19,20). The molecule has 0 atom stereocenters. The van der Waals surface area contributed by atoms with Crippen LogP contribution in [0.15, 0.2) is 36.4 Å². The van der Waals surface area contributed by atoms with Gasteiger partial charge in [0, 0.05) is 23.5 Å². The highest BCUT2D eigenvalue weighted by Gasteiger charge is 2.12. The molecule has 0 heterocycles. The van der Waals surface area contributed by atoms with E-state index >= 15 is 0 Å². The normalized spacial score (nSPS) is 10.2. The fourth-order valence-corrected chi connectivity index (χ4v) is 1.54. The van der Waals surface area contributed by atoms with Crippen LogP contribution in [0.2, 0.25) is 0 Å². The summed E-state index contributed by atoms with van der Waals surface area (Å²) >= 11 is 0. The van der Waals surface area contributed by atoms with Gasteiger partial charge in [0.05, 0.1) is 0 Å². The lowest BCUT2D eigenvalue weighted by Gasteiger charge is -2.08. The van der Waals surface area contributed by atoms with Gasteiger partial charge in [-0.15, -0.1) is 0 Å². The molecule has 0 aliphatic rings. The smallest absolute Gasteiger partial charge is 0.262 e. The van der Waals surface area contributed by atoms with Crippen molar-refractivity contribution in [2.45, 2.75) is 0 Å². The van der Waals surface area contributed by atoms with Gasteiger partial charge in [-0.1, -0.05) is 0 Å². The number of carbonyl (C=O) groups excluding carboxylic acids is 1. The van der Waals surface area contributed by atoms with Gasteiger partial charge in [-0.25, -0.2) is 13.2 Å². The van der Waals surface area contributed by atoms with Crippen molar-refractivity contribution in [3.05, 3.63) is 53.8 Å². The summed E-state index contributed by atoms with van der Waals surface area (Å²) in [5, 5.41) is 2.20. The van der Waals surface area contributed by atoms with Crippen LogP contribution < -0.4 is 15.8 Å². The Bertz CT molecular complexity index is 637. The fourth-order valence-electron chi connectivity index (χ4n) is 1.54. The molecule has 0 radical (unpaired) electrons. The number of anilines is 2. The van der Waals surface area contributed by atoms with Gasteiger partial charge in [-0.05, 0) is 24.3 Å². The van der Waals surface area contributed by atoms with Crippen LogP contribution in [0, 0.1) is 17.5 Å². The predicted molar refractivity (Wildman–Crippen MR) is 71.3 cm³/mol. The molecule has 110 valence electrons. The zero-order valence-electron chi connectivity index (χ0n) is 10.7. The van der Waals surface area contributed by atoms with Crippen molar-refractivity contribution >= 4 is 17.3 Å². The highest BCUT2D eigenvalue weighted by Crippen LogP contribution is 2.17. The van der Waals surface area contributed by atoms with Gasteiger partial charge in [0.25, 0.3) is 5.91 Å². The van der Waals surface area contributed by atoms with Crippen LogP contribution in [0.4, 0.5) is 24.5 Å². The maximum absolute atomic E-state index is 13.0. The molecular formula is C14H11F3N2O2. The number of nitrogens with one attached hydrogen (secondary N) is 1. The van der Waals surface area contributed by atoms with Gasteiger partial charge in [0.2, 0.25) is 0 Å². The number of halogens is 3. The highest BCUT2D eigenvalue weighted by atomic mass is 19.2. The molecule has 0 aliphatic carbocycles. The number of nitrogens with two attached hydrogens (primary N) is 1. The average molecular weight is 296 g/mol. The maximum Gasteiger partial charge on any atom is 0.262 e. The molecule has 0 spiro atoms. The third-order valence-corrected chi connectivity index (χ3v) is 2.52. The average Bonchev–Trinajstić information content (AvgIpc) is 2.44. The van der Waals surface area contributed by atoms with Crippen LogP contribution in [-0.2, 0) is 4.79 Å². The number of nitrogen functional groups attached to an aromatic ring is 1. The number of ether oxygens (including phenoxy) is 1. The van der Waals surface area contributed by atoms with Gasteiger partial charge in [-0.2, -0.15) is 0 Å². The van der Waals surface area contributed by atoms with E-state index in [4.69, 9.17) is 10.5 Å². The predicted octanol–water partition coefficient (Wildman–Crippen LogP) is 2.70. The van der Waals surface area contributed by atoms with Crippen molar-refractivity contribution in [3.8, 4) is 5.75 Å². The SMILES string of the molecule is Nc1ccc(OCC(=O)Nc2cc(F)c(F)c(F)c2)cc1. The van der Waals surface area contributed by atoms with E-state index in [2.05, 4.69) is 5.32 Å². The molecule has 7 heteroatoms. The third-order valence-electron chi connectivity index (χ3n) is 2.52. The molecule has 0 unspecified atom stereocenters. The lowest BCUT2D eigenvalue weighted by molar-refractivity contribution is -0.118. The maximum atomic E-state index is 13.0. The summed E-state index contributed by atoms with van der Waals surface area (Å²) in [7, 11) is 0. The monoisotopic (exact) mass is 296 g/mol. The van der Waals surface area contributed by atoms with Gasteiger partial charge in [0.1, 0.15) is 5.75 Å². The van der Waals surface area contributed by atoms with E-state index in [1.54, 1.807) is 24.3 Å². The lowest BCUT2D eigenvalue weighted by Crippen LogP contribution is -2.20. The van der Waals surface area contributed by atoms with E-state index in [1.807, 2.05) is 0 Å². The van der Waals surface area contributed by atoms with Crippen LogP contribution in [0.25, 0.3) is 0 Å². The minimum Gasteiger partial charge on any atom is -0.484 e. The molecule has 0 fully saturated rings. The molecule has 2 aromatic rings. The number of hydrogen-bond acceptors (Lipinski definition) is 3. The first kappa shape index (κ1) is 14.7. The van der Waals surface area contributed by atoms with E-state index in [1.165, 1.54) is 0 Å². The number of rotatable bonds is 4. The zero-order valence-corrected chi connectivity index (χ0v) is 10.7. The summed E-state index contributed by atoms with van der Waals surface area (Å²) in [6.45, 7) is -0.371. The van der Waals surface area contributed by atoms with Crippen molar-refractivity contribution in [1.82, 2.24) is 0 Å². The molecule has 0 saturated carbocycles. The van der Waals surface area contributed by atoms with Crippen LogP contribution in [0.1, 0.15) is 0 Å². The molecule has 1 amide bonds. The summed E-state index contributed by atoms with van der Waals surface area (Å²) in [6, 6.07) is 7.69. The Morgan fingerprint density at radius 2 is 1.67 bits per heavy atom. The van der Waals surface area contributed by atoms with Crippen molar-refractivity contribution in [2.75, 3.05) is 17.7 Å². The van der Waals surface area contributed by atoms with E-state index < -0.39 is 23.4 Å². The lowest BCUT2D eigenvalue weighted by atomic mass is 10.3. The van der Waals surface area contributed by atoms with Crippen LogP contribution in [0.5, 0.6) is 5.75 Å². The minimum atomic E-state index is -1.59. The number of carbonyl (C=O) groups is 1. The van der Waals surface area contributed by atoms with Crippen molar-refractivity contribution in [3.63, 3.8) is 0 Å². The summed E-state index contributed by atoms with van der Waals surface area (Å²) in [5.74, 6) is -4.59. The second kappa shape index (κ2) is 6.17. The second-order valence-electron chi connectivity index (χ2n) is 4.16. The molecule has 0 aromatic heterocycles. The van der Waals surface area contributed by atoms with Gasteiger partial charge in [0.15, 0.2) is 24.1 Å². The molecular weight excluding hydrogens is 285 g/mol. The Hall–Kier alpha value is -2.70. The quantitative estimate of drug-likeness (QED) is 0.673. The number of benzene rings is 2. The zero-order chi connectivity index (χ0) is 15.4. The van der Waals surface area contributed by atoms with Crippen molar-refractivity contribution < 1.29 is 22.7 Å². The molecule has 0 bridgehead atoms. The summed E-state index contributed by atoms with van der Waals surface area (Å²) in [6.07, 6.45) is 0. The van der Waals surface area contributed by atoms with Crippen LogP contribution >= 0.6 is 0 Å². The topological polar surface area (TPSA) is 64.3 Å². The Labute approximate surface area is 118 Å². The molecule has 0 aliphatic heterocycles. The van der Waals surface area contributed by atoms with E-state index in [0.29, 0.717) is 23.6 Å². The van der Waals surface area contributed by atoms with Crippen molar-refractivity contribution in [1.29, 1.82) is 0 Å². The second-order valence-corrected chi connectivity index (χ2v) is 4.16. The summed E-state index contributed by atoms with van der Waals surface area (Å²) < 4.78 is 43.8. The van der Waals surface area contributed by atoms with E-state index in [9.17, 15) is 18.0 Å².